The molecular formula is C17H21N3O3. The van der Waals surface area contributed by atoms with Crippen molar-refractivity contribution in [1.29, 1.82) is 0 Å². The number of nitrogens with zero attached hydrogens (tertiary/aromatic N) is 2. The van der Waals surface area contributed by atoms with E-state index < -0.39 is 0 Å². The minimum Gasteiger partial charge on any atom is -0.486 e. The van der Waals surface area contributed by atoms with E-state index in [1.54, 1.807) is 17.1 Å². The van der Waals surface area contributed by atoms with Crippen molar-refractivity contribution >= 4 is 5.91 Å². The number of para-hydroxylation sites is 2. The Kier molecular flexibility index (Phi) is 4.50. The Morgan fingerprint density at radius 3 is 2.91 bits per heavy atom. The Hall–Kier alpha value is -2.50. The normalized spacial score (nSPS) is 16.4. The molecule has 1 aromatic heterocycles. The van der Waals surface area contributed by atoms with Gasteiger partial charge < -0.3 is 14.8 Å². The van der Waals surface area contributed by atoms with Gasteiger partial charge in [0.25, 0.3) is 5.91 Å². The maximum Gasteiger partial charge on any atom is 0.254 e. The first-order valence-electron chi connectivity index (χ1n) is 7.84. The third kappa shape index (κ3) is 3.64. The first kappa shape index (κ1) is 15.4. The zero-order valence-electron chi connectivity index (χ0n) is 13.4. The summed E-state index contributed by atoms with van der Waals surface area (Å²) in [5.41, 5.74) is 0.574. The fourth-order valence-corrected chi connectivity index (χ4v) is 2.39. The molecule has 0 unspecified atom stereocenters. The number of fused-ring (bicyclic) bond motifs is 1. The Morgan fingerprint density at radius 1 is 1.39 bits per heavy atom. The van der Waals surface area contributed by atoms with E-state index >= 15 is 0 Å². The lowest BCUT2D eigenvalue weighted by atomic mass is 10.2. The zero-order chi connectivity index (χ0) is 16.2. The lowest BCUT2D eigenvalue weighted by Gasteiger charge is -2.26. The van der Waals surface area contributed by atoms with Crippen molar-refractivity contribution in [1.82, 2.24) is 15.1 Å². The molecule has 2 heterocycles. The third-order valence-electron chi connectivity index (χ3n) is 3.71. The first-order valence-corrected chi connectivity index (χ1v) is 7.84. The van der Waals surface area contributed by atoms with Crippen LogP contribution in [0.4, 0.5) is 0 Å². The molecule has 0 bridgehead atoms. The van der Waals surface area contributed by atoms with E-state index in [0.717, 1.165) is 11.5 Å². The van der Waals surface area contributed by atoms with Crippen molar-refractivity contribution in [3.8, 4) is 11.5 Å². The summed E-state index contributed by atoms with van der Waals surface area (Å²) in [5, 5.41) is 7.07. The number of hydrogen-bond acceptors (Lipinski definition) is 4. The van der Waals surface area contributed by atoms with Crippen LogP contribution in [0.25, 0.3) is 0 Å². The predicted molar refractivity (Wildman–Crippen MR) is 85.9 cm³/mol. The van der Waals surface area contributed by atoms with Gasteiger partial charge in [0.2, 0.25) is 0 Å². The molecule has 122 valence electrons. The maximum absolute atomic E-state index is 12.1. The molecule has 1 aliphatic rings. The van der Waals surface area contributed by atoms with Crippen molar-refractivity contribution in [2.75, 3.05) is 13.2 Å². The van der Waals surface area contributed by atoms with Crippen molar-refractivity contribution in [2.45, 2.75) is 32.4 Å². The standard InChI is InChI=1S/C17H21N3O3/c1-12(2)20-10-13(9-19-20)17(21)18-8-7-14-11-22-15-5-3-4-6-16(15)23-14/h3-6,9-10,12,14H,7-8,11H2,1-2H3,(H,18,21)/t14-/m0/s1. The highest BCUT2D eigenvalue weighted by molar-refractivity contribution is 5.93. The Labute approximate surface area is 135 Å². The first-order chi connectivity index (χ1) is 11.1. The van der Waals surface area contributed by atoms with Crippen LogP contribution in [-0.2, 0) is 0 Å². The van der Waals surface area contributed by atoms with Crippen LogP contribution in [0, 0.1) is 0 Å². The molecule has 3 rings (SSSR count). The van der Waals surface area contributed by atoms with Crippen molar-refractivity contribution in [2.24, 2.45) is 0 Å². The molecule has 1 aliphatic heterocycles. The van der Waals surface area contributed by atoms with Gasteiger partial charge in [0.1, 0.15) is 12.7 Å². The van der Waals surface area contributed by atoms with Gasteiger partial charge in [-0.1, -0.05) is 12.1 Å². The summed E-state index contributed by atoms with van der Waals surface area (Å²) >= 11 is 0. The number of rotatable bonds is 5. The van der Waals surface area contributed by atoms with Gasteiger partial charge in [-0.15, -0.1) is 0 Å². The highest BCUT2D eigenvalue weighted by Crippen LogP contribution is 2.31. The lowest BCUT2D eigenvalue weighted by molar-refractivity contribution is 0.0813. The molecule has 1 amide bonds. The largest absolute Gasteiger partial charge is 0.486 e. The molecule has 0 fully saturated rings. The van der Waals surface area contributed by atoms with Crippen molar-refractivity contribution in [3.05, 3.63) is 42.2 Å². The summed E-state index contributed by atoms with van der Waals surface area (Å²) in [7, 11) is 0. The average molecular weight is 315 g/mol. The Bertz CT molecular complexity index is 681. The predicted octanol–water partition coefficient (Wildman–Crippen LogP) is 2.42. The molecule has 2 aromatic rings. The van der Waals surface area contributed by atoms with Gasteiger partial charge in [0.05, 0.1) is 11.8 Å². The van der Waals surface area contributed by atoms with Crippen LogP contribution in [0.2, 0.25) is 0 Å². The number of aromatic nitrogens is 2. The van der Waals surface area contributed by atoms with Gasteiger partial charge in [-0.05, 0) is 26.0 Å². The van der Waals surface area contributed by atoms with E-state index in [2.05, 4.69) is 10.4 Å². The van der Waals surface area contributed by atoms with Gasteiger partial charge in [-0.3, -0.25) is 9.48 Å². The second-order valence-corrected chi connectivity index (χ2v) is 5.84. The molecule has 1 atom stereocenters. The SMILES string of the molecule is CC(C)n1cc(C(=O)NCC[C@H]2COc3ccccc3O2)cn1. The minimum absolute atomic E-state index is 0.0522. The molecule has 0 spiro atoms. The molecule has 6 heteroatoms. The topological polar surface area (TPSA) is 65.4 Å². The molecule has 23 heavy (non-hydrogen) atoms. The third-order valence-corrected chi connectivity index (χ3v) is 3.71. The summed E-state index contributed by atoms with van der Waals surface area (Å²) < 4.78 is 13.3. The molecule has 0 radical (unpaired) electrons. The fraction of sp³-hybridized carbons (Fsp3) is 0.412. The Morgan fingerprint density at radius 2 is 2.17 bits per heavy atom. The van der Waals surface area contributed by atoms with Crippen LogP contribution >= 0.6 is 0 Å². The number of ether oxygens (including phenoxy) is 2. The van der Waals surface area contributed by atoms with Crippen LogP contribution < -0.4 is 14.8 Å². The maximum atomic E-state index is 12.1. The van der Waals surface area contributed by atoms with Crippen LogP contribution in [-0.4, -0.2) is 34.9 Å². The average Bonchev–Trinajstić information content (AvgIpc) is 3.05. The highest BCUT2D eigenvalue weighted by Gasteiger charge is 2.20. The molecule has 6 nitrogen and oxygen atoms in total. The molecule has 0 saturated heterocycles. The Balaban J connectivity index is 1.47. The molecule has 1 N–H and O–H groups in total. The smallest absolute Gasteiger partial charge is 0.254 e. The van der Waals surface area contributed by atoms with E-state index in [1.165, 1.54) is 0 Å². The summed E-state index contributed by atoms with van der Waals surface area (Å²) in [6.07, 6.45) is 3.99. The van der Waals surface area contributed by atoms with Crippen molar-refractivity contribution < 1.29 is 14.3 Å². The molecular weight excluding hydrogens is 294 g/mol. The van der Waals surface area contributed by atoms with Crippen LogP contribution in [0.5, 0.6) is 11.5 Å². The van der Waals surface area contributed by atoms with Crippen LogP contribution in [0.3, 0.4) is 0 Å². The van der Waals surface area contributed by atoms with Gasteiger partial charge >= 0.3 is 0 Å². The van der Waals surface area contributed by atoms with Gasteiger partial charge in [-0.2, -0.15) is 5.10 Å². The number of amides is 1. The number of nitrogens with one attached hydrogen (secondary N) is 1. The molecule has 1 aromatic carbocycles. The number of benzene rings is 1. The number of carbonyl (C=O) groups excluding carboxylic acids is 1. The van der Waals surface area contributed by atoms with E-state index in [9.17, 15) is 4.79 Å². The summed E-state index contributed by atoms with van der Waals surface area (Å²) in [6, 6.07) is 7.85. The zero-order valence-corrected chi connectivity index (χ0v) is 13.4. The fourth-order valence-electron chi connectivity index (χ4n) is 2.39. The van der Waals surface area contributed by atoms with Gasteiger partial charge in [0.15, 0.2) is 11.5 Å². The van der Waals surface area contributed by atoms with Gasteiger partial charge in [-0.25, -0.2) is 0 Å². The monoisotopic (exact) mass is 315 g/mol. The van der Waals surface area contributed by atoms with E-state index in [1.807, 2.05) is 38.1 Å². The second-order valence-electron chi connectivity index (χ2n) is 5.84. The van der Waals surface area contributed by atoms with Gasteiger partial charge in [0, 0.05) is 25.2 Å². The van der Waals surface area contributed by atoms with Crippen LogP contribution in [0.1, 0.15) is 36.7 Å². The highest BCUT2D eigenvalue weighted by atomic mass is 16.6. The second kappa shape index (κ2) is 6.73. The summed E-state index contributed by atoms with van der Waals surface area (Å²) in [6.45, 7) is 5.07. The quantitative estimate of drug-likeness (QED) is 0.920. The summed E-state index contributed by atoms with van der Waals surface area (Å²) in [5.74, 6) is 1.41. The lowest BCUT2D eigenvalue weighted by Crippen LogP contribution is -2.34. The van der Waals surface area contributed by atoms with E-state index in [0.29, 0.717) is 25.1 Å². The van der Waals surface area contributed by atoms with E-state index in [4.69, 9.17) is 9.47 Å². The minimum atomic E-state index is -0.117. The number of carbonyl (C=O) groups is 1. The molecule has 0 aliphatic carbocycles. The summed E-state index contributed by atoms with van der Waals surface area (Å²) in [4.78, 5) is 12.1. The number of hydrogen-bond donors (Lipinski definition) is 1. The molecule has 0 saturated carbocycles. The van der Waals surface area contributed by atoms with E-state index in [-0.39, 0.29) is 18.1 Å². The van der Waals surface area contributed by atoms with Crippen molar-refractivity contribution in [3.63, 3.8) is 0 Å². The van der Waals surface area contributed by atoms with Crippen LogP contribution in [0.15, 0.2) is 36.7 Å².